The molecule has 1 rings (SSSR count). The van der Waals surface area contributed by atoms with Gasteiger partial charge in [0, 0.05) is 5.92 Å². The van der Waals surface area contributed by atoms with Gasteiger partial charge in [0.1, 0.15) is 0 Å². The van der Waals surface area contributed by atoms with E-state index in [0.29, 0.717) is 0 Å². The lowest BCUT2D eigenvalue weighted by Gasteiger charge is -2.12. The van der Waals surface area contributed by atoms with Crippen molar-refractivity contribution >= 4 is 12.0 Å². The molecule has 1 aromatic carbocycles. The van der Waals surface area contributed by atoms with Gasteiger partial charge in [-0.2, -0.15) is 0 Å². The van der Waals surface area contributed by atoms with Gasteiger partial charge >= 0.3 is 0 Å². The second kappa shape index (κ2) is 6.89. The first-order valence-electron chi connectivity index (χ1n) is 6.18. The number of carbonyl (C=O) groups is 1. The topological polar surface area (TPSA) is 43.1 Å². The fourth-order valence-corrected chi connectivity index (χ4v) is 1.87. The van der Waals surface area contributed by atoms with Gasteiger partial charge in [-0.15, -0.1) is 0 Å². The molecular weight excluding hydrogens is 210 g/mol. The van der Waals surface area contributed by atoms with Crippen molar-refractivity contribution < 1.29 is 4.79 Å². The predicted molar refractivity (Wildman–Crippen MR) is 72.4 cm³/mol. The summed E-state index contributed by atoms with van der Waals surface area (Å²) in [4.78, 5) is 11.3. The van der Waals surface area contributed by atoms with Crippen LogP contribution < -0.4 is 5.73 Å². The summed E-state index contributed by atoms with van der Waals surface area (Å²) in [5, 5.41) is 0. The third-order valence-corrected chi connectivity index (χ3v) is 3.01. The van der Waals surface area contributed by atoms with Crippen LogP contribution in [0.1, 0.15) is 37.3 Å². The summed E-state index contributed by atoms with van der Waals surface area (Å²) in [7, 11) is 0. The average Bonchev–Trinajstić information content (AvgIpc) is 2.35. The minimum atomic E-state index is -0.189. The lowest BCUT2D eigenvalue weighted by molar-refractivity contribution is -0.122. The van der Waals surface area contributed by atoms with Gasteiger partial charge in [-0.1, -0.05) is 56.7 Å². The lowest BCUT2D eigenvalue weighted by Crippen LogP contribution is -2.25. The zero-order valence-corrected chi connectivity index (χ0v) is 10.5. The Balaban J connectivity index is 2.64. The smallest absolute Gasteiger partial charge is 0.220 e. The molecule has 0 aliphatic heterocycles. The van der Waals surface area contributed by atoms with Crippen LogP contribution in [0, 0.1) is 5.92 Å². The van der Waals surface area contributed by atoms with E-state index in [4.69, 9.17) is 5.73 Å². The van der Waals surface area contributed by atoms with Crippen molar-refractivity contribution in [3.8, 4) is 0 Å². The molecule has 0 aliphatic rings. The van der Waals surface area contributed by atoms with Crippen LogP contribution >= 0.6 is 0 Å². The van der Waals surface area contributed by atoms with E-state index >= 15 is 0 Å². The maximum atomic E-state index is 11.3. The quantitative estimate of drug-likeness (QED) is 0.769. The van der Waals surface area contributed by atoms with Crippen LogP contribution in [-0.4, -0.2) is 5.91 Å². The minimum Gasteiger partial charge on any atom is -0.369 e. The highest BCUT2D eigenvalue weighted by atomic mass is 16.1. The average molecular weight is 231 g/mol. The molecule has 0 aromatic heterocycles. The van der Waals surface area contributed by atoms with Gasteiger partial charge in [0.25, 0.3) is 0 Å². The molecule has 2 nitrogen and oxygen atoms in total. The third kappa shape index (κ3) is 4.43. The van der Waals surface area contributed by atoms with Gasteiger partial charge in [-0.25, -0.2) is 0 Å². The summed E-state index contributed by atoms with van der Waals surface area (Å²) >= 11 is 0. The van der Waals surface area contributed by atoms with E-state index in [9.17, 15) is 4.79 Å². The molecule has 1 unspecified atom stereocenters. The van der Waals surface area contributed by atoms with Gasteiger partial charge in [-0.05, 0) is 24.0 Å². The Morgan fingerprint density at radius 2 is 2.06 bits per heavy atom. The number of rotatable bonds is 7. The van der Waals surface area contributed by atoms with Crippen LogP contribution in [0.3, 0.4) is 0 Å². The van der Waals surface area contributed by atoms with Crippen LogP contribution in [0.15, 0.2) is 30.8 Å². The Kier molecular flexibility index (Phi) is 5.47. The summed E-state index contributed by atoms with van der Waals surface area (Å²) in [5.41, 5.74) is 7.68. The van der Waals surface area contributed by atoms with Crippen LogP contribution in [0.5, 0.6) is 0 Å². The molecule has 2 N–H and O–H groups in total. The minimum absolute atomic E-state index is 0.0375. The number of primary amides is 1. The van der Waals surface area contributed by atoms with Crippen molar-refractivity contribution in [2.45, 2.75) is 32.6 Å². The van der Waals surface area contributed by atoms with Crippen molar-refractivity contribution in [3.63, 3.8) is 0 Å². The summed E-state index contributed by atoms with van der Waals surface area (Å²) in [6.07, 6.45) is 5.59. The molecule has 1 atom stereocenters. The summed E-state index contributed by atoms with van der Waals surface area (Å²) in [6.45, 7) is 5.84. The first kappa shape index (κ1) is 13.5. The van der Waals surface area contributed by atoms with Gasteiger partial charge < -0.3 is 5.73 Å². The maximum Gasteiger partial charge on any atom is 0.220 e. The van der Waals surface area contributed by atoms with E-state index < -0.39 is 0 Å². The molecule has 0 fully saturated rings. The van der Waals surface area contributed by atoms with Gasteiger partial charge in [-0.3, -0.25) is 4.79 Å². The second-order valence-corrected chi connectivity index (χ2v) is 4.39. The highest BCUT2D eigenvalue weighted by Gasteiger charge is 2.15. The van der Waals surface area contributed by atoms with Crippen LogP contribution in [0.4, 0.5) is 0 Å². The molecule has 1 aromatic rings. The molecule has 17 heavy (non-hydrogen) atoms. The Hall–Kier alpha value is -1.57. The fourth-order valence-electron chi connectivity index (χ4n) is 1.87. The van der Waals surface area contributed by atoms with Gasteiger partial charge in [0.15, 0.2) is 0 Å². The molecule has 0 saturated heterocycles. The highest BCUT2D eigenvalue weighted by molar-refractivity contribution is 5.76. The fraction of sp³-hybridized carbons (Fsp3) is 0.400. The van der Waals surface area contributed by atoms with Crippen LogP contribution in [0.2, 0.25) is 0 Å². The molecule has 1 amide bonds. The molecule has 0 radical (unpaired) electrons. The van der Waals surface area contributed by atoms with Crippen LogP contribution in [-0.2, 0) is 11.2 Å². The van der Waals surface area contributed by atoms with Gasteiger partial charge in [0.2, 0.25) is 5.91 Å². The molecule has 0 saturated carbocycles. The molecule has 2 heteroatoms. The van der Waals surface area contributed by atoms with Gasteiger partial charge in [0.05, 0.1) is 0 Å². The summed E-state index contributed by atoms with van der Waals surface area (Å²) < 4.78 is 0. The van der Waals surface area contributed by atoms with E-state index in [1.54, 1.807) is 0 Å². The van der Waals surface area contributed by atoms with E-state index in [-0.39, 0.29) is 11.8 Å². The second-order valence-electron chi connectivity index (χ2n) is 4.39. The molecule has 0 aliphatic carbocycles. The first-order chi connectivity index (χ1) is 8.17. The summed E-state index contributed by atoms with van der Waals surface area (Å²) in [6, 6.07) is 8.11. The number of amides is 1. The van der Waals surface area contributed by atoms with E-state index in [1.165, 1.54) is 0 Å². The molecule has 0 bridgehead atoms. The van der Waals surface area contributed by atoms with Crippen molar-refractivity contribution in [1.82, 2.24) is 0 Å². The Morgan fingerprint density at radius 1 is 1.41 bits per heavy atom. The molecular formula is C15H21NO. The highest BCUT2D eigenvalue weighted by Crippen LogP contribution is 2.16. The third-order valence-electron chi connectivity index (χ3n) is 3.01. The van der Waals surface area contributed by atoms with E-state index in [0.717, 1.165) is 36.8 Å². The number of carbonyl (C=O) groups excluding carboxylic acids is 1. The number of nitrogens with two attached hydrogens (primary N) is 1. The Morgan fingerprint density at radius 3 is 2.53 bits per heavy atom. The Labute approximate surface area is 104 Å². The first-order valence-corrected chi connectivity index (χ1v) is 6.18. The SMILES string of the molecule is C=Cc1ccc(CC(CCCC)C(N)=O)cc1. The number of unbranched alkanes of at least 4 members (excludes halogenated alkanes) is 1. The van der Waals surface area contributed by atoms with Crippen molar-refractivity contribution in [2.75, 3.05) is 0 Å². The van der Waals surface area contributed by atoms with Crippen molar-refractivity contribution in [3.05, 3.63) is 42.0 Å². The molecule has 92 valence electrons. The molecule has 0 spiro atoms. The normalized spacial score (nSPS) is 12.1. The lowest BCUT2D eigenvalue weighted by atomic mass is 9.93. The number of hydrogen-bond acceptors (Lipinski definition) is 1. The summed E-state index contributed by atoms with van der Waals surface area (Å²) in [5.74, 6) is -0.226. The molecule has 0 heterocycles. The zero-order chi connectivity index (χ0) is 12.7. The largest absolute Gasteiger partial charge is 0.369 e. The maximum absolute atomic E-state index is 11.3. The standard InChI is InChI=1S/C15H21NO/c1-3-5-6-14(15(16)17)11-13-9-7-12(4-2)8-10-13/h4,7-10,14H,2-3,5-6,11H2,1H3,(H2,16,17). The predicted octanol–water partition coefficient (Wildman–Crippen LogP) is 3.16. The van der Waals surface area contributed by atoms with Crippen LogP contribution in [0.25, 0.3) is 6.08 Å². The van der Waals surface area contributed by atoms with E-state index in [2.05, 4.69) is 13.5 Å². The van der Waals surface area contributed by atoms with Crippen molar-refractivity contribution in [1.29, 1.82) is 0 Å². The number of benzene rings is 1. The Bertz CT molecular complexity index is 367. The monoisotopic (exact) mass is 231 g/mol. The number of hydrogen-bond donors (Lipinski definition) is 1. The van der Waals surface area contributed by atoms with Crippen molar-refractivity contribution in [2.24, 2.45) is 11.7 Å². The van der Waals surface area contributed by atoms with E-state index in [1.807, 2.05) is 30.3 Å². The zero-order valence-electron chi connectivity index (χ0n) is 10.5.